The highest BCUT2D eigenvalue weighted by molar-refractivity contribution is 7.87. The van der Waals surface area contributed by atoms with Gasteiger partial charge in [-0.3, -0.25) is 36.3 Å². The van der Waals surface area contributed by atoms with Gasteiger partial charge in [-0.1, -0.05) is 0 Å². The van der Waals surface area contributed by atoms with E-state index in [1.165, 1.54) is 6.07 Å². The number of aromatic hydroxyl groups is 2. The van der Waals surface area contributed by atoms with E-state index in [0.29, 0.717) is 18.2 Å². The Balaban J connectivity index is 1.23. The standard InChI is InChI=1S/C40H32Cl2N10O24S7/c1-75-26-15-28(79(60,61)62)25(14-29(26)80(63,64)65)50-51-33-30(81(66,67)68)11-17-10-18(2-4-20(17)35(33)54)43-39-46-38(42)47-40(48-39)44-19-3-7-27(78(57,58)59)24(12-19)49-52-34-31(82(69,70)71)13-22-21(36(34)55)5-6-23(37(22)83(72,73)74)45-32(53)16-77(56)76-9-8-41/h2-7,10-15,54-55H,8-9,16H2,1H3,(H,45,53)(H,57,58,59)(H,60,61,62)(H,63,64,65)(H,66,67,68)(H,69,70,71)(H,72,73,74)(H2,43,44,46,47,48). The van der Waals surface area contributed by atoms with E-state index >= 15 is 0 Å². The number of alkyl halides is 1. The number of anilines is 5. The SMILES string of the molecule is COc1cc(S(=O)(=O)O)c(N=Nc2c(S(=O)(=O)O)cc3cc(Nc4nc(Cl)nc(Nc5ccc(S(=O)(=O)O)c(N=Nc6c(S(=O)(=O)O)cc7c(S(=O)(=O)O)c(NC(=O)CS(=O)OCCCl)ccc7c6O)c5)n4)ccc3c2O)cc1S(=O)(=O)O. The number of fused-ring (bicyclic) bond motifs is 2. The predicted molar refractivity (Wildman–Crippen MR) is 288 cm³/mol. The number of phenols is 2. The summed E-state index contributed by atoms with van der Waals surface area (Å²) in [5, 5.41) is 41.7. The van der Waals surface area contributed by atoms with E-state index in [1.54, 1.807) is 0 Å². The van der Waals surface area contributed by atoms with Gasteiger partial charge in [0.05, 0.1) is 19.4 Å². The van der Waals surface area contributed by atoms with Crippen LogP contribution in [-0.4, -0.2) is 138 Å². The maximum Gasteiger partial charge on any atom is 0.298 e. The minimum atomic E-state index is -5.60. The van der Waals surface area contributed by atoms with Gasteiger partial charge in [0.1, 0.15) is 63.6 Å². The van der Waals surface area contributed by atoms with Crippen molar-refractivity contribution >= 4 is 174 Å². The molecular weight excluding hydrogens is 1300 g/mol. The average Bonchev–Trinajstić information content (AvgIpc) is 3.54. The van der Waals surface area contributed by atoms with E-state index in [-0.39, 0.29) is 34.6 Å². The normalized spacial score (nSPS) is 13.2. The number of rotatable bonds is 21. The second-order valence-electron chi connectivity index (χ2n) is 16.0. The minimum Gasteiger partial charge on any atom is -0.505 e. The molecule has 0 spiro atoms. The van der Waals surface area contributed by atoms with Gasteiger partial charge in [-0.05, 0) is 83.7 Å². The molecule has 0 fully saturated rings. The molecule has 0 bridgehead atoms. The lowest BCUT2D eigenvalue weighted by Crippen LogP contribution is -2.22. The predicted octanol–water partition coefficient (Wildman–Crippen LogP) is 5.91. The Hall–Kier alpha value is -7.33. The molecule has 0 aliphatic carbocycles. The zero-order valence-corrected chi connectivity index (χ0v) is 47.6. The van der Waals surface area contributed by atoms with Crippen molar-refractivity contribution in [2.75, 3.05) is 41.3 Å². The molecule has 0 radical (unpaired) electrons. The molecule has 7 rings (SSSR count). The summed E-state index contributed by atoms with van der Waals surface area (Å²) >= 11 is 9.36. The van der Waals surface area contributed by atoms with Crippen molar-refractivity contribution in [1.29, 1.82) is 0 Å². The van der Waals surface area contributed by atoms with Gasteiger partial charge in [-0.25, -0.2) is 4.21 Å². The molecule has 0 saturated heterocycles. The molecule has 34 nitrogen and oxygen atoms in total. The number of halogens is 2. The molecule has 1 aromatic heterocycles. The Morgan fingerprint density at radius 2 is 1.08 bits per heavy atom. The Bertz CT molecular complexity index is 4700. The number of benzene rings is 6. The van der Waals surface area contributed by atoms with Crippen LogP contribution >= 0.6 is 23.2 Å². The summed E-state index contributed by atoms with van der Waals surface area (Å²) in [4.78, 5) is 17.5. The van der Waals surface area contributed by atoms with Gasteiger partial charge in [0, 0.05) is 39.5 Å². The first-order valence-corrected chi connectivity index (χ1v) is 32.2. The maximum atomic E-state index is 12.8. The summed E-state index contributed by atoms with van der Waals surface area (Å²) in [6.07, 6.45) is 0. The lowest BCUT2D eigenvalue weighted by atomic mass is 10.1. The quantitative estimate of drug-likeness (QED) is 0.0226. The number of hydrogen-bond acceptors (Lipinski definition) is 27. The van der Waals surface area contributed by atoms with E-state index in [9.17, 15) is 97.0 Å². The molecule has 6 aromatic carbocycles. The molecule has 1 amide bonds. The largest absolute Gasteiger partial charge is 0.505 e. The van der Waals surface area contributed by atoms with Gasteiger partial charge in [-0.15, -0.1) is 32.1 Å². The first-order chi connectivity index (χ1) is 38.4. The monoisotopic (exact) mass is 1330 g/mol. The van der Waals surface area contributed by atoms with Crippen LogP contribution in [0.25, 0.3) is 21.5 Å². The Morgan fingerprint density at radius 3 is 1.61 bits per heavy atom. The third-order valence-corrected chi connectivity index (χ3v) is 17.1. The van der Waals surface area contributed by atoms with E-state index < -0.39 is 186 Å². The highest BCUT2D eigenvalue weighted by atomic mass is 35.5. The Kier molecular flexibility index (Phi) is 18.1. The molecule has 0 aliphatic heterocycles. The lowest BCUT2D eigenvalue weighted by Gasteiger charge is -2.15. The van der Waals surface area contributed by atoms with Crippen LogP contribution < -0.4 is 20.7 Å². The van der Waals surface area contributed by atoms with Gasteiger partial charge in [0.2, 0.25) is 23.1 Å². The Labute approximate surface area is 478 Å². The van der Waals surface area contributed by atoms with Crippen LogP contribution in [0, 0.1) is 0 Å². The summed E-state index contributed by atoms with van der Waals surface area (Å²) in [6.45, 7) is -0.242. The minimum absolute atomic E-state index is 0.0174. The molecule has 1 atom stereocenters. The van der Waals surface area contributed by atoms with Crippen LogP contribution in [0.4, 0.5) is 51.7 Å². The third-order valence-electron chi connectivity index (χ3n) is 10.5. The second-order valence-corrected chi connectivity index (χ2v) is 26.2. The first-order valence-electron chi connectivity index (χ1n) is 21.4. The number of amides is 1. The number of hydrogen-bond donors (Lipinski definition) is 11. The average molecular weight is 1330 g/mol. The van der Waals surface area contributed by atoms with Crippen LogP contribution in [-0.2, 0) is 80.8 Å². The fraction of sp³-hybridized carbons (Fsp3) is 0.100. The molecule has 11 N–H and O–H groups in total. The molecule has 1 heterocycles. The van der Waals surface area contributed by atoms with Crippen LogP contribution in [0.15, 0.2) is 123 Å². The molecule has 1 unspecified atom stereocenters. The lowest BCUT2D eigenvalue weighted by molar-refractivity contribution is -0.114. The molecule has 83 heavy (non-hydrogen) atoms. The number of carbonyl (C=O) groups excluding carboxylic acids is 1. The van der Waals surface area contributed by atoms with Crippen molar-refractivity contribution in [3.63, 3.8) is 0 Å². The van der Waals surface area contributed by atoms with Gasteiger partial charge in [0.15, 0.2) is 22.6 Å². The Morgan fingerprint density at radius 1 is 0.578 bits per heavy atom. The second kappa shape index (κ2) is 23.7. The van der Waals surface area contributed by atoms with E-state index in [1.807, 2.05) is 5.32 Å². The number of azo groups is 2. The zero-order chi connectivity index (χ0) is 61.5. The summed E-state index contributed by atoms with van der Waals surface area (Å²) < 4.78 is 231. The summed E-state index contributed by atoms with van der Waals surface area (Å²) in [6, 6.07) is 9.73. The number of nitrogens with one attached hydrogen (secondary N) is 3. The van der Waals surface area contributed by atoms with Gasteiger partial charge in [-0.2, -0.15) is 65.5 Å². The number of phenolic OH excluding ortho intramolecular Hbond substituents is 2. The van der Waals surface area contributed by atoms with Crippen molar-refractivity contribution in [3.8, 4) is 17.2 Å². The molecule has 442 valence electrons. The van der Waals surface area contributed by atoms with Gasteiger partial charge < -0.3 is 30.9 Å². The van der Waals surface area contributed by atoms with Gasteiger partial charge >= 0.3 is 0 Å². The van der Waals surface area contributed by atoms with Crippen LogP contribution in [0.1, 0.15) is 0 Å². The number of carbonyl (C=O) groups is 1. The summed E-state index contributed by atoms with van der Waals surface area (Å²) in [5.41, 5.74) is -5.09. The summed E-state index contributed by atoms with van der Waals surface area (Å²) in [7, 11) is -31.3. The van der Waals surface area contributed by atoms with Crippen LogP contribution in [0.2, 0.25) is 5.28 Å². The number of nitrogens with zero attached hydrogens (tertiary/aromatic N) is 7. The van der Waals surface area contributed by atoms with Crippen molar-refractivity contribution in [3.05, 3.63) is 78.1 Å². The van der Waals surface area contributed by atoms with E-state index in [4.69, 9.17) is 32.1 Å². The smallest absolute Gasteiger partial charge is 0.298 e. The highest BCUT2D eigenvalue weighted by Crippen LogP contribution is 2.47. The van der Waals surface area contributed by atoms with Crippen LogP contribution in [0.3, 0.4) is 0 Å². The molecule has 0 aliphatic rings. The number of ether oxygens (including phenoxy) is 1. The van der Waals surface area contributed by atoms with Crippen molar-refractivity contribution in [1.82, 2.24) is 15.0 Å². The van der Waals surface area contributed by atoms with Crippen molar-refractivity contribution in [2.24, 2.45) is 20.5 Å². The fourth-order valence-electron chi connectivity index (χ4n) is 7.24. The van der Waals surface area contributed by atoms with Crippen molar-refractivity contribution < 1.29 is 106 Å². The maximum absolute atomic E-state index is 12.8. The van der Waals surface area contributed by atoms with Crippen molar-refractivity contribution in [2.45, 2.75) is 29.4 Å². The topological polar surface area (TPSA) is 543 Å². The molecule has 0 saturated carbocycles. The number of aromatic nitrogens is 3. The summed E-state index contributed by atoms with van der Waals surface area (Å²) in [5.74, 6) is -6.08. The molecular formula is C40H32Cl2N10O24S7. The zero-order valence-electron chi connectivity index (χ0n) is 40.4. The van der Waals surface area contributed by atoms with E-state index in [2.05, 4.69) is 46.0 Å². The number of methoxy groups -OCH3 is 1. The fourth-order valence-corrected chi connectivity index (χ4v) is 12.2. The first kappa shape index (κ1) is 63.3. The molecule has 7 aromatic rings. The highest BCUT2D eigenvalue weighted by Gasteiger charge is 2.31. The third kappa shape index (κ3) is 14.7. The van der Waals surface area contributed by atoms with Gasteiger partial charge in [0.25, 0.3) is 60.7 Å². The van der Waals surface area contributed by atoms with E-state index in [0.717, 1.165) is 55.6 Å². The van der Waals surface area contributed by atoms with Crippen LogP contribution in [0.5, 0.6) is 17.2 Å². The molecule has 43 heteroatoms.